The highest BCUT2D eigenvalue weighted by atomic mass is 32.2. The van der Waals surface area contributed by atoms with Gasteiger partial charge in [0, 0.05) is 24.2 Å². The van der Waals surface area contributed by atoms with Crippen LogP contribution in [-0.4, -0.2) is 44.2 Å². The summed E-state index contributed by atoms with van der Waals surface area (Å²) in [7, 11) is -2.94. The summed E-state index contributed by atoms with van der Waals surface area (Å²) in [5, 5.41) is 10.5. The van der Waals surface area contributed by atoms with E-state index >= 15 is 0 Å². The van der Waals surface area contributed by atoms with Crippen LogP contribution in [0.25, 0.3) is 0 Å². The molecular weight excluding hydrogens is 330 g/mol. The molecule has 0 saturated carbocycles. The van der Waals surface area contributed by atoms with E-state index in [0.29, 0.717) is 25.9 Å². The summed E-state index contributed by atoms with van der Waals surface area (Å²) in [6.07, 6.45) is -0.261. The molecule has 0 aliphatic carbocycles. The number of carboxylic acid groups (broad SMARTS) is 1. The molecule has 0 aromatic heterocycles. The van der Waals surface area contributed by atoms with Gasteiger partial charge in [-0.05, 0) is 25.0 Å². The fraction of sp³-hybridized carbons (Fsp3) is 0.500. The summed E-state index contributed by atoms with van der Waals surface area (Å²) in [6.45, 7) is 0.740. The average molecular weight is 346 g/mol. The average Bonchev–Trinajstić information content (AvgIpc) is 2.37. The van der Waals surface area contributed by atoms with E-state index in [4.69, 9.17) is 5.11 Å². The fourth-order valence-corrected chi connectivity index (χ4v) is 5.81. The third kappa shape index (κ3) is 3.10. The molecular formula is C14H16F2N2O4S. The molecule has 0 atom stereocenters. The topological polar surface area (TPSA) is 86.7 Å². The molecule has 0 radical (unpaired) electrons. The minimum Gasteiger partial charge on any atom is -0.465 e. The molecule has 2 heterocycles. The van der Waals surface area contributed by atoms with Gasteiger partial charge in [0.25, 0.3) is 0 Å². The molecule has 9 heteroatoms. The van der Waals surface area contributed by atoms with Crippen LogP contribution in [0.15, 0.2) is 12.1 Å². The Morgan fingerprint density at radius 1 is 1.17 bits per heavy atom. The van der Waals surface area contributed by atoms with Crippen LogP contribution >= 0.6 is 0 Å². The highest BCUT2D eigenvalue weighted by Gasteiger charge is 2.49. The standard InChI is InChI=1S/C14H16F2N2O4S/c15-10-5-9(17-13(19)20)6-11(16)12(10)18-3-1-14(2-4-18)7-23(21,22)8-14/h5-6,17H,1-4,7-8H2,(H,19,20). The number of amides is 1. The summed E-state index contributed by atoms with van der Waals surface area (Å²) < 4.78 is 51.0. The van der Waals surface area contributed by atoms with Crippen LogP contribution in [0.4, 0.5) is 25.0 Å². The first-order valence-corrected chi connectivity index (χ1v) is 8.96. The second-order valence-electron chi connectivity index (χ2n) is 6.24. The lowest BCUT2D eigenvalue weighted by Crippen LogP contribution is -2.54. The summed E-state index contributed by atoms with van der Waals surface area (Å²) in [5.41, 5.74) is -0.611. The van der Waals surface area contributed by atoms with E-state index in [-0.39, 0.29) is 28.3 Å². The molecule has 2 N–H and O–H groups in total. The molecule has 2 aliphatic rings. The molecule has 23 heavy (non-hydrogen) atoms. The van der Waals surface area contributed by atoms with Gasteiger partial charge in [0.1, 0.15) is 5.69 Å². The minimum absolute atomic E-state index is 0.153. The third-order valence-electron chi connectivity index (χ3n) is 4.46. The van der Waals surface area contributed by atoms with Gasteiger partial charge in [-0.3, -0.25) is 5.32 Å². The van der Waals surface area contributed by atoms with E-state index in [1.807, 2.05) is 5.32 Å². The van der Waals surface area contributed by atoms with Crippen molar-refractivity contribution in [2.24, 2.45) is 5.41 Å². The van der Waals surface area contributed by atoms with E-state index in [0.717, 1.165) is 12.1 Å². The van der Waals surface area contributed by atoms with Gasteiger partial charge in [-0.1, -0.05) is 0 Å². The van der Waals surface area contributed by atoms with Crippen molar-refractivity contribution in [3.63, 3.8) is 0 Å². The van der Waals surface area contributed by atoms with Crippen LogP contribution in [0.1, 0.15) is 12.8 Å². The largest absolute Gasteiger partial charge is 0.465 e. The summed E-state index contributed by atoms with van der Waals surface area (Å²) in [4.78, 5) is 12.1. The Morgan fingerprint density at radius 3 is 2.13 bits per heavy atom. The van der Waals surface area contributed by atoms with Gasteiger partial charge < -0.3 is 10.0 Å². The van der Waals surface area contributed by atoms with Gasteiger partial charge in [0.15, 0.2) is 21.5 Å². The van der Waals surface area contributed by atoms with Crippen molar-refractivity contribution in [1.82, 2.24) is 0 Å². The molecule has 1 spiro atoms. The lowest BCUT2D eigenvalue weighted by atomic mass is 9.81. The van der Waals surface area contributed by atoms with Gasteiger partial charge in [-0.15, -0.1) is 0 Å². The molecule has 6 nitrogen and oxygen atoms in total. The number of halogens is 2. The van der Waals surface area contributed by atoms with Crippen molar-refractivity contribution in [2.75, 3.05) is 34.8 Å². The first kappa shape index (κ1) is 16.0. The van der Waals surface area contributed by atoms with Crippen LogP contribution in [0, 0.1) is 17.0 Å². The minimum atomic E-state index is -2.94. The van der Waals surface area contributed by atoms with Crippen molar-refractivity contribution in [3.05, 3.63) is 23.8 Å². The zero-order valence-electron chi connectivity index (χ0n) is 12.2. The molecule has 1 aromatic rings. The van der Waals surface area contributed by atoms with E-state index in [1.54, 1.807) is 4.90 Å². The normalized spacial score (nSPS) is 21.7. The highest BCUT2D eigenvalue weighted by molar-refractivity contribution is 7.92. The van der Waals surface area contributed by atoms with Crippen molar-refractivity contribution >= 4 is 27.3 Å². The maximum Gasteiger partial charge on any atom is 0.409 e. The Bertz CT molecular complexity index is 721. The second-order valence-corrected chi connectivity index (χ2v) is 8.30. The third-order valence-corrected chi connectivity index (χ3v) is 6.57. The Hall–Kier alpha value is -1.90. The van der Waals surface area contributed by atoms with Crippen molar-refractivity contribution in [3.8, 4) is 0 Å². The zero-order chi connectivity index (χ0) is 16.8. The Kier molecular flexibility index (Phi) is 3.70. The van der Waals surface area contributed by atoms with Gasteiger partial charge in [-0.25, -0.2) is 22.0 Å². The van der Waals surface area contributed by atoms with E-state index in [1.165, 1.54) is 0 Å². The Labute approximate surface area is 132 Å². The molecule has 0 bridgehead atoms. The summed E-state index contributed by atoms with van der Waals surface area (Å²) >= 11 is 0. The van der Waals surface area contributed by atoms with E-state index in [2.05, 4.69) is 0 Å². The van der Waals surface area contributed by atoms with Gasteiger partial charge in [0.2, 0.25) is 0 Å². The van der Waals surface area contributed by atoms with Gasteiger partial charge >= 0.3 is 6.09 Å². The van der Waals surface area contributed by atoms with Crippen molar-refractivity contribution in [2.45, 2.75) is 12.8 Å². The smallest absolute Gasteiger partial charge is 0.409 e. The molecule has 2 aliphatic heterocycles. The predicted octanol–water partition coefficient (Wildman–Crippen LogP) is 2.07. The van der Waals surface area contributed by atoms with Crippen LogP contribution in [0.5, 0.6) is 0 Å². The second kappa shape index (κ2) is 5.33. The zero-order valence-corrected chi connectivity index (χ0v) is 13.0. The maximum absolute atomic E-state index is 14.1. The number of rotatable bonds is 2. The monoisotopic (exact) mass is 346 g/mol. The molecule has 2 saturated heterocycles. The van der Waals surface area contributed by atoms with Crippen LogP contribution in [0.2, 0.25) is 0 Å². The number of piperidine rings is 1. The number of carbonyl (C=O) groups is 1. The lowest BCUT2D eigenvalue weighted by molar-refractivity contribution is 0.209. The predicted molar refractivity (Wildman–Crippen MR) is 80.5 cm³/mol. The van der Waals surface area contributed by atoms with Gasteiger partial charge in [0.05, 0.1) is 11.5 Å². The fourth-order valence-electron chi connectivity index (χ4n) is 3.45. The number of benzene rings is 1. The molecule has 2 fully saturated rings. The number of sulfone groups is 1. The highest BCUT2D eigenvalue weighted by Crippen LogP contribution is 2.43. The molecule has 3 rings (SSSR count). The first-order chi connectivity index (χ1) is 10.7. The first-order valence-electron chi connectivity index (χ1n) is 7.14. The van der Waals surface area contributed by atoms with Crippen LogP contribution in [-0.2, 0) is 9.84 Å². The number of nitrogens with one attached hydrogen (secondary N) is 1. The molecule has 126 valence electrons. The maximum atomic E-state index is 14.1. The lowest BCUT2D eigenvalue weighted by Gasteiger charge is -2.47. The number of anilines is 2. The van der Waals surface area contributed by atoms with Crippen molar-refractivity contribution < 1.29 is 27.1 Å². The Morgan fingerprint density at radius 2 is 1.70 bits per heavy atom. The van der Waals surface area contributed by atoms with E-state index in [9.17, 15) is 22.0 Å². The SMILES string of the molecule is O=C(O)Nc1cc(F)c(N2CCC3(CC2)CS(=O)(=O)C3)c(F)c1. The summed E-state index contributed by atoms with van der Waals surface area (Å²) in [6, 6.07) is 1.87. The van der Waals surface area contributed by atoms with Crippen molar-refractivity contribution in [1.29, 1.82) is 0 Å². The quantitative estimate of drug-likeness (QED) is 0.856. The van der Waals surface area contributed by atoms with E-state index < -0.39 is 27.6 Å². The molecule has 0 unspecified atom stereocenters. The number of nitrogens with zero attached hydrogens (tertiary/aromatic N) is 1. The van der Waals surface area contributed by atoms with Crippen LogP contribution < -0.4 is 10.2 Å². The number of hydrogen-bond acceptors (Lipinski definition) is 4. The Balaban J connectivity index is 1.75. The molecule has 1 amide bonds. The van der Waals surface area contributed by atoms with Gasteiger partial charge in [-0.2, -0.15) is 0 Å². The molecule has 1 aromatic carbocycles. The van der Waals surface area contributed by atoms with Crippen LogP contribution in [0.3, 0.4) is 0 Å². The number of hydrogen-bond donors (Lipinski definition) is 2. The summed E-state index contributed by atoms with van der Waals surface area (Å²) in [5.74, 6) is -1.38.